The minimum atomic E-state index is -0.0640. The average Bonchev–Trinajstić information content (AvgIpc) is 3.41. The summed E-state index contributed by atoms with van der Waals surface area (Å²) in [5, 5.41) is 7.18. The molecule has 0 spiro atoms. The molecule has 2 aliphatic rings. The highest BCUT2D eigenvalue weighted by Crippen LogP contribution is 2.33. The molecule has 0 unspecified atom stereocenters. The van der Waals surface area contributed by atoms with Crippen LogP contribution >= 0.6 is 11.3 Å². The Morgan fingerprint density at radius 2 is 1.89 bits per heavy atom. The number of nitrogens with zero attached hydrogens (tertiary/aromatic N) is 2. The van der Waals surface area contributed by atoms with Crippen LogP contribution < -0.4 is 5.32 Å². The topological polar surface area (TPSA) is 61.9 Å². The van der Waals surface area contributed by atoms with E-state index in [9.17, 15) is 9.59 Å². The molecule has 1 N–H and O–H groups in total. The molecule has 0 aliphatic carbocycles. The summed E-state index contributed by atoms with van der Waals surface area (Å²) < 4.78 is 5.29. The molecule has 2 fully saturated rings. The van der Waals surface area contributed by atoms with Crippen LogP contribution in [0, 0.1) is 0 Å². The summed E-state index contributed by atoms with van der Waals surface area (Å²) in [5.74, 6) is 0.121. The summed E-state index contributed by atoms with van der Waals surface area (Å²) in [6.45, 7) is 3.32. The fourth-order valence-corrected chi connectivity index (χ4v) is 4.53. The van der Waals surface area contributed by atoms with Crippen molar-refractivity contribution in [3.63, 3.8) is 0 Å². The molecular formula is C21H25N3O3S. The van der Waals surface area contributed by atoms with Crippen LogP contribution in [0.1, 0.15) is 30.0 Å². The maximum atomic E-state index is 12.7. The van der Waals surface area contributed by atoms with Crippen molar-refractivity contribution in [3.8, 4) is 0 Å². The Bertz CT molecular complexity index is 801. The van der Waals surface area contributed by atoms with Crippen molar-refractivity contribution in [2.45, 2.75) is 25.3 Å². The smallest absolute Gasteiger partial charge is 0.322 e. The Morgan fingerprint density at radius 3 is 2.61 bits per heavy atom. The van der Waals surface area contributed by atoms with E-state index >= 15 is 0 Å². The van der Waals surface area contributed by atoms with Gasteiger partial charge >= 0.3 is 6.03 Å². The van der Waals surface area contributed by atoms with E-state index in [2.05, 4.69) is 22.1 Å². The second-order valence-corrected chi connectivity index (χ2v) is 7.99. The third kappa shape index (κ3) is 4.36. The molecule has 4 rings (SSSR count). The Labute approximate surface area is 169 Å². The van der Waals surface area contributed by atoms with Crippen LogP contribution in [0.4, 0.5) is 10.5 Å². The number of rotatable bonds is 4. The number of anilines is 1. The highest BCUT2D eigenvalue weighted by atomic mass is 32.1. The molecule has 3 heterocycles. The predicted molar refractivity (Wildman–Crippen MR) is 110 cm³/mol. The van der Waals surface area contributed by atoms with Gasteiger partial charge in [-0.25, -0.2) is 4.79 Å². The fraction of sp³-hybridized carbons (Fsp3) is 0.429. The maximum Gasteiger partial charge on any atom is 0.322 e. The van der Waals surface area contributed by atoms with Crippen LogP contribution in [0.5, 0.6) is 0 Å². The number of morpholine rings is 1. The third-order valence-electron chi connectivity index (χ3n) is 5.37. The number of hydrogen-bond acceptors (Lipinski definition) is 4. The van der Waals surface area contributed by atoms with Gasteiger partial charge in [-0.1, -0.05) is 12.1 Å². The molecule has 3 amide bonds. The van der Waals surface area contributed by atoms with Gasteiger partial charge in [-0.05, 0) is 52.9 Å². The van der Waals surface area contributed by atoms with E-state index in [4.69, 9.17) is 4.74 Å². The van der Waals surface area contributed by atoms with Crippen LogP contribution in [-0.4, -0.2) is 54.6 Å². The molecule has 1 aromatic heterocycles. The van der Waals surface area contributed by atoms with Gasteiger partial charge < -0.3 is 19.9 Å². The Kier molecular flexibility index (Phi) is 5.92. The molecule has 2 aliphatic heterocycles. The number of likely N-dealkylation sites (tertiary alicyclic amines) is 1. The van der Waals surface area contributed by atoms with Crippen molar-refractivity contribution in [1.82, 2.24) is 9.80 Å². The lowest BCUT2D eigenvalue weighted by Gasteiger charge is -2.27. The highest BCUT2D eigenvalue weighted by molar-refractivity contribution is 7.08. The standard InChI is InChI=1S/C21H25N3O3S/c25-20(23-9-11-27-12-10-23)14-16-3-5-18(6-4-16)22-21(26)24-8-1-2-19(24)17-7-13-28-15-17/h3-7,13,15,19H,1-2,8-12,14H2,(H,22,26)/t19-/m1/s1. The first-order valence-electron chi connectivity index (χ1n) is 9.75. The van der Waals surface area contributed by atoms with Gasteiger partial charge in [0.15, 0.2) is 0 Å². The molecular weight excluding hydrogens is 374 g/mol. The summed E-state index contributed by atoms with van der Waals surface area (Å²) in [5.41, 5.74) is 2.92. The molecule has 6 nitrogen and oxygen atoms in total. The first-order chi connectivity index (χ1) is 13.7. The van der Waals surface area contributed by atoms with Crippen LogP contribution in [0.2, 0.25) is 0 Å². The molecule has 148 valence electrons. The van der Waals surface area contributed by atoms with E-state index in [1.54, 1.807) is 11.3 Å². The van der Waals surface area contributed by atoms with Crippen LogP contribution in [0.3, 0.4) is 0 Å². The minimum Gasteiger partial charge on any atom is -0.378 e. The van der Waals surface area contributed by atoms with E-state index in [1.807, 2.05) is 34.1 Å². The maximum absolute atomic E-state index is 12.7. The highest BCUT2D eigenvalue weighted by Gasteiger charge is 2.30. The van der Waals surface area contributed by atoms with E-state index in [-0.39, 0.29) is 18.0 Å². The van der Waals surface area contributed by atoms with Gasteiger partial charge in [-0.15, -0.1) is 0 Å². The molecule has 0 bridgehead atoms. The zero-order chi connectivity index (χ0) is 19.3. The van der Waals surface area contributed by atoms with Gasteiger partial charge in [0.25, 0.3) is 0 Å². The summed E-state index contributed by atoms with van der Waals surface area (Å²) in [4.78, 5) is 28.8. The largest absolute Gasteiger partial charge is 0.378 e. The molecule has 1 atom stereocenters. The summed E-state index contributed by atoms with van der Waals surface area (Å²) in [6, 6.07) is 9.76. The number of benzene rings is 1. The van der Waals surface area contributed by atoms with Crippen LogP contribution in [-0.2, 0) is 16.0 Å². The van der Waals surface area contributed by atoms with E-state index in [0.29, 0.717) is 32.7 Å². The molecule has 0 radical (unpaired) electrons. The molecule has 2 aromatic rings. The zero-order valence-corrected chi connectivity index (χ0v) is 16.6. The summed E-state index contributed by atoms with van der Waals surface area (Å²) in [7, 11) is 0. The lowest BCUT2D eigenvalue weighted by Crippen LogP contribution is -2.41. The van der Waals surface area contributed by atoms with Crippen molar-refractivity contribution < 1.29 is 14.3 Å². The molecule has 28 heavy (non-hydrogen) atoms. The Morgan fingerprint density at radius 1 is 1.11 bits per heavy atom. The Hall–Kier alpha value is -2.38. The van der Waals surface area contributed by atoms with Crippen LogP contribution in [0.15, 0.2) is 41.1 Å². The number of nitrogens with one attached hydrogen (secondary N) is 1. The summed E-state index contributed by atoms with van der Waals surface area (Å²) in [6.07, 6.45) is 2.41. The minimum absolute atomic E-state index is 0.0640. The molecule has 0 saturated carbocycles. The first kappa shape index (κ1) is 19.0. The van der Waals surface area contributed by atoms with E-state index in [1.165, 1.54) is 5.56 Å². The van der Waals surface area contributed by atoms with Crippen molar-refractivity contribution in [2.75, 3.05) is 38.2 Å². The van der Waals surface area contributed by atoms with Crippen molar-refractivity contribution in [2.24, 2.45) is 0 Å². The SMILES string of the molecule is O=C(Cc1ccc(NC(=O)N2CCC[C@@H]2c2ccsc2)cc1)N1CCOCC1. The van der Waals surface area contributed by atoms with Gasteiger partial charge in [0, 0.05) is 25.3 Å². The second-order valence-electron chi connectivity index (χ2n) is 7.21. The van der Waals surface area contributed by atoms with Gasteiger partial charge in [0.1, 0.15) is 0 Å². The second kappa shape index (κ2) is 8.75. The quantitative estimate of drug-likeness (QED) is 0.856. The number of carbonyl (C=O) groups is 2. The van der Waals surface area contributed by atoms with Gasteiger partial charge in [-0.3, -0.25) is 4.79 Å². The Balaban J connectivity index is 1.33. The van der Waals surface area contributed by atoms with Crippen molar-refractivity contribution >= 4 is 29.0 Å². The summed E-state index contributed by atoms with van der Waals surface area (Å²) >= 11 is 1.66. The lowest BCUT2D eigenvalue weighted by molar-refractivity contribution is -0.134. The number of carbonyl (C=O) groups excluding carboxylic acids is 2. The zero-order valence-electron chi connectivity index (χ0n) is 15.8. The first-order valence-corrected chi connectivity index (χ1v) is 10.7. The third-order valence-corrected chi connectivity index (χ3v) is 6.07. The fourth-order valence-electron chi connectivity index (χ4n) is 3.82. The number of amides is 3. The lowest BCUT2D eigenvalue weighted by atomic mass is 10.1. The van der Waals surface area contributed by atoms with E-state index in [0.717, 1.165) is 30.6 Å². The molecule has 1 aromatic carbocycles. The molecule has 2 saturated heterocycles. The van der Waals surface area contributed by atoms with Gasteiger partial charge in [-0.2, -0.15) is 11.3 Å². The number of hydrogen-bond donors (Lipinski definition) is 1. The normalized spacial score (nSPS) is 19.6. The van der Waals surface area contributed by atoms with Crippen molar-refractivity contribution in [3.05, 3.63) is 52.2 Å². The molecule has 7 heteroatoms. The van der Waals surface area contributed by atoms with Gasteiger partial charge in [0.2, 0.25) is 5.91 Å². The number of urea groups is 1. The number of thiophene rings is 1. The average molecular weight is 400 g/mol. The predicted octanol–water partition coefficient (Wildman–Crippen LogP) is 3.52. The van der Waals surface area contributed by atoms with Gasteiger partial charge in [0.05, 0.1) is 25.7 Å². The number of ether oxygens (including phenoxy) is 1. The van der Waals surface area contributed by atoms with Crippen molar-refractivity contribution in [1.29, 1.82) is 0 Å². The monoisotopic (exact) mass is 399 g/mol. The van der Waals surface area contributed by atoms with Crippen LogP contribution in [0.25, 0.3) is 0 Å². The van der Waals surface area contributed by atoms with E-state index < -0.39 is 0 Å².